The molecule has 0 aliphatic rings. The summed E-state index contributed by atoms with van der Waals surface area (Å²) in [7, 11) is 0. The fourth-order valence-corrected chi connectivity index (χ4v) is 2.46. The number of fused-ring (bicyclic) bond motifs is 1. The maximum atomic E-state index is 4.33. The molecule has 2 atom stereocenters. The topological polar surface area (TPSA) is 24.9 Å². The van der Waals surface area contributed by atoms with E-state index in [-0.39, 0.29) is 0 Å². The molecule has 2 nitrogen and oxygen atoms in total. The number of benzene rings is 1. The summed E-state index contributed by atoms with van der Waals surface area (Å²) in [5.41, 5.74) is 1.29. The van der Waals surface area contributed by atoms with E-state index in [4.69, 9.17) is 0 Å². The van der Waals surface area contributed by atoms with Crippen molar-refractivity contribution >= 4 is 10.8 Å². The van der Waals surface area contributed by atoms with Crippen molar-refractivity contribution in [3.63, 3.8) is 0 Å². The van der Waals surface area contributed by atoms with E-state index in [0.717, 1.165) is 12.5 Å². The molecule has 102 valence electrons. The zero-order valence-corrected chi connectivity index (χ0v) is 12.2. The molecule has 0 bridgehead atoms. The molecule has 1 aromatic carbocycles. The van der Waals surface area contributed by atoms with E-state index in [1.54, 1.807) is 0 Å². The molecule has 2 heteroatoms. The molecule has 1 heterocycles. The first-order chi connectivity index (χ1) is 9.20. The van der Waals surface area contributed by atoms with E-state index in [1.165, 1.54) is 29.2 Å². The number of aromatic nitrogens is 1. The van der Waals surface area contributed by atoms with Crippen molar-refractivity contribution in [2.45, 2.75) is 46.2 Å². The molecule has 2 unspecified atom stereocenters. The van der Waals surface area contributed by atoms with Crippen LogP contribution >= 0.6 is 0 Å². The lowest BCUT2D eigenvalue weighted by Crippen LogP contribution is -2.27. The third kappa shape index (κ3) is 3.77. The van der Waals surface area contributed by atoms with Crippen LogP contribution < -0.4 is 5.32 Å². The first kappa shape index (κ1) is 14.0. The van der Waals surface area contributed by atoms with E-state index in [1.807, 2.05) is 12.4 Å². The van der Waals surface area contributed by atoms with Gasteiger partial charge >= 0.3 is 0 Å². The third-order valence-corrected chi connectivity index (χ3v) is 3.84. The third-order valence-electron chi connectivity index (χ3n) is 3.84. The highest BCUT2D eigenvalue weighted by Gasteiger charge is 2.07. The van der Waals surface area contributed by atoms with Crippen LogP contribution in [0.2, 0.25) is 0 Å². The minimum absolute atomic E-state index is 0.550. The van der Waals surface area contributed by atoms with Crippen molar-refractivity contribution in [3.8, 4) is 0 Å². The summed E-state index contributed by atoms with van der Waals surface area (Å²) in [5, 5.41) is 6.14. The fourth-order valence-electron chi connectivity index (χ4n) is 2.46. The summed E-state index contributed by atoms with van der Waals surface area (Å²) in [4.78, 5) is 4.33. The van der Waals surface area contributed by atoms with Gasteiger partial charge in [-0.15, -0.1) is 0 Å². The predicted octanol–water partition coefficient (Wildman–Crippen LogP) is 4.15. The van der Waals surface area contributed by atoms with Crippen LogP contribution in [-0.2, 0) is 6.54 Å². The van der Waals surface area contributed by atoms with Crippen LogP contribution in [0.25, 0.3) is 10.8 Å². The van der Waals surface area contributed by atoms with Crippen molar-refractivity contribution in [2.75, 3.05) is 0 Å². The zero-order chi connectivity index (χ0) is 13.7. The highest BCUT2D eigenvalue weighted by Crippen LogP contribution is 2.17. The number of nitrogens with zero attached hydrogens (tertiary/aromatic N) is 1. The lowest BCUT2D eigenvalue weighted by Gasteiger charge is -2.18. The average Bonchev–Trinajstić information content (AvgIpc) is 2.44. The molecule has 1 aromatic heterocycles. The van der Waals surface area contributed by atoms with Crippen molar-refractivity contribution in [1.82, 2.24) is 10.3 Å². The zero-order valence-electron chi connectivity index (χ0n) is 12.2. The Kier molecular flexibility index (Phi) is 4.92. The van der Waals surface area contributed by atoms with Gasteiger partial charge in [0.25, 0.3) is 0 Å². The van der Waals surface area contributed by atoms with E-state index >= 15 is 0 Å². The Labute approximate surface area is 116 Å². The Hall–Kier alpha value is -1.41. The molecule has 1 N–H and O–H groups in total. The molecule has 0 amide bonds. The van der Waals surface area contributed by atoms with Gasteiger partial charge in [0.1, 0.15) is 0 Å². The predicted molar refractivity (Wildman–Crippen MR) is 82.1 cm³/mol. The smallest absolute Gasteiger partial charge is 0.0346 e. The van der Waals surface area contributed by atoms with Crippen molar-refractivity contribution < 1.29 is 0 Å². The molecule has 0 radical (unpaired) electrons. The number of nitrogens with one attached hydrogen (secondary N) is 1. The van der Waals surface area contributed by atoms with E-state index in [9.17, 15) is 0 Å². The minimum atomic E-state index is 0.550. The maximum absolute atomic E-state index is 4.33. The van der Waals surface area contributed by atoms with Gasteiger partial charge in [0.05, 0.1) is 0 Å². The highest BCUT2D eigenvalue weighted by molar-refractivity contribution is 5.84. The van der Waals surface area contributed by atoms with Gasteiger partial charge in [0.15, 0.2) is 0 Å². The van der Waals surface area contributed by atoms with Gasteiger partial charge in [-0.05, 0) is 30.2 Å². The van der Waals surface area contributed by atoms with Crippen molar-refractivity contribution in [3.05, 3.63) is 42.2 Å². The van der Waals surface area contributed by atoms with Crippen molar-refractivity contribution in [1.29, 1.82) is 0 Å². The second-order valence-corrected chi connectivity index (χ2v) is 5.55. The highest BCUT2D eigenvalue weighted by atomic mass is 14.9. The van der Waals surface area contributed by atoms with Crippen LogP contribution in [0.4, 0.5) is 0 Å². The number of hydrogen-bond acceptors (Lipinski definition) is 2. The molecule has 19 heavy (non-hydrogen) atoms. The lowest BCUT2D eigenvalue weighted by molar-refractivity contribution is 0.412. The standard InChI is InChI=1S/C17H24N2/c1-4-13(2)9-14(3)19-12-16-11-18-10-15-7-5-6-8-17(15)16/h5-8,10-11,13-14,19H,4,9,12H2,1-3H3. The minimum Gasteiger partial charge on any atom is -0.310 e. The van der Waals surface area contributed by atoms with Crippen LogP contribution in [-0.4, -0.2) is 11.0 Å². The maximum Gasteiger partial charge on any atom is 0.0346 e. The van der Waals surface area contributed by atoms with Crippen LogP contribution in [0, 0.1) is 5.92 Å². The second-order valence-electron chi connectivity index (χ2n) is 5.55. The fraction of sp³-hybridized carbons (Fsp3) is 0.471. The van der Waals surface area contributed by atoms with E-state index in [0.29, 0.717) is 6.04 Å². The average molecular weight is 256 g/mol. The number of pyridine rings is 1. The summed E-state index contributed by atoms with van der Waals surface area (Å²) in [6, 6.07) is 9.00. The first-order valence-electron chi connectivity index (χ1n) is 7.25. The Morgan fingerprint density at radius 2 is 1.95 bits per heavy atom. The normalized spacial score (nSPS) is 14.5. The molecule has 0 aliphatic heterocycles. The molecular formula is C17H24N2. The quantitative estimate of drug-likeness (QED) is 0.840. The van der Waals surface area contributed by atoms with Crippen LogP contribution in [0.15, 0.2) is 36.7 Å². The van der Waals surface area contributed by atoms with Crippen molar-refractivity contribution in [2.24, 2.45) is 5.92 Å². The Balaban J connectivity index is 2.02. The molecule has 2 rings (SSSR count). The second kappa shape index (κ2) is 6.67. The van der Waals surface area contributed by atoms with Crippen LogP contribution in [0.5, 0.6) is 0 Å². The van der Waals surface area contributed by atoms with Gasteiger partial charge in [0, 0.05) is 30.4 Å². The summed E-state index contributed by atoms with van der Waals surface area (Å²) >= 11 is 0. The number of rotatable bonds is 6. The molecular weight excluding hydrogens is 232 g/mol. The van der Waals surface area contributed by atoms with E-state index in [2.05, 4.69) is 55.3 Å². The summed E-state index contributed by atoms with van der Waals surface area (Å²) in [6.07, 6.45) is 6.39. The first-order valence-corrected chi connectivity index (χ1v) is 7.25. The summed E-state index contributed by atoms with van der Waals surface area (Å²) < 4.78 is 0. The van der Waals surface area contributed by atoms with Gasteiger partial charge in [0.2, 0.25) is 0 Å². The molecule has 2 aromatic rings. The summed E-state index contributed by atoms with van der Waals surface area (Å²) in [5.74, 6) is 0.785. The Bertz CT molecular complexity index is 516. The summed E-state index contributed by atoms with van der Waals surface area (Å²) in [6.45, 7) is 7.74. The SMILES string of the molecule is CCC(C)CC(C)NCc1cncc2ccccc12. The van der Waals surface area contributed by atoms with Crippen LogP contribution in [0.3, 0.4) is 0 Å². The Morgan fingerprint density at radius 3 is 2.74 bits per heavy atom. The van der Waals surface area contributed by atoms with Gasteiger partial charge < -0.3 is 5.32 Å². The molecule has 0 fully saturated rings. The molecule has 0 saturated heterocycles. The van der Waals surface area contributed by atoms with Gasteiger partial charge in [-0.25, -0.2) is 0 Å². The van der Waals surface area contributed by atoms with Gasteiger partial charge in [-0.3, -0.25) is 4.98 Å². The van der Waals surface area contributed by atoms with Gasteiger partial charge in [-0.1, -0.05) is 44.5 Å². The van der Waals surface area contributed by atoms with E-state index < -0.39 is 0 Å². The molecule has 0 aliphatic carbocycles. The lowest BCUT2D eigenvalue weighted by atomic mass is 10.00. The molecule has 0 saturated carbocycles. The number of hydrogen-bond donors (Lipinski definition) is 1. The van der Waals surface area contributed by atoms with Gasteiger partial charge in [-0.2, -0.15) is 0 Å². The molecule has 0 spiro atoms. The largest absolute Gasteiger partial charge is 0.310 e. The Morgan fingerprint density at radius 1 is 1.16 bits per heavy atom. The van der Waals surface area contributed by atoms with Crippen LogP contribution in [0.1, 0.15) is 39.2 Å². The monoisotopic (exact) mass is 256 g/mol.